The molecule has 0 amide bonds. The molecular weight excluding hydrogens is 308 g/mol. The van der Waals surface area contributed by atoms with Crippen LogP contribution in [-0.2, 0) is 9.47 Å². The highest BCUT2D eigenvalue weighted by atomic mass is 79.9. The smallest absolute Gasteiger partial charge is 0.187 e. The van der Waals surface area contributed by atoms with Crippen molar-refractivity contribution in [3.05, 3.63) is 27.7 Å². The van der Waals surface area contributed by atoms with Crippen molar-refractivity contribution < 1.29 is 14.2 Å². The Labute approximate surface area is 123 Å². The summed E-state index contributed by atoms with van der Waals surface area (Å²) in [6.45, 7) is 9.65. The highest BCUT2D eigenvalue weighted by molar-refractivity contribution is 9.10. The van der Waals surface area contributed by atoms with Crippen molar-refractivity contribution in [3.63, 3.8) is 0 Å². The highest BCUT2D eigenvalue weighted by Gasteiger charge is 2.25. The van der Waals surface area contributed by atoms with Gasteiger partial charge in [-0.3, -0.25) is 0 Å². The summed E-state index contributed by atoms with van der Waals surface area (Å²) >= 11 is 3.61. The van der Waals surface area contributed by atoms with Gasteiger partial charge >= 0.3 is 0 Å². The first-order valence-electron chi connectivity index (χ1n) is 6.72. The molecule has 0 unspecified atom stereocenters. The third kappa shape index (κ3) is 3.50. The molecule has 1 aliphatic heterocycles. The Balaban J connectivity index is 2.44. The summed E-state index contributed by atoms with van der Waals surface area (Å²) in [7, 11) is 0. The lowest BCUT2D eigenvalue weighted by atomic mass is 10.00. The Kier molecular flexibility index (Phi) is 4.87. The van der Waals surface area contributed by atoms with Crippen LogP contribution in [0.4, 0.5) is 0 Å². The van der Waals surface area contributed by atoms with Crippen LogP contribution in [0.1, 0.15) is 51.0 Å². The third-order valence-corrected chi connectivity index (χ3v) is 3.58. The van der Waals surface area contributed by atoms with Crippen LogP contribution in [0.5, 0.6) is 5.75 Å². The maximum absolute atomic E-state index is 5.92. The summed E-state index contributed by atoms with van der Waals surface area (Å²) in [4.78, 5) is 0. The van der Waals surface area contributed by atoms with Gasteiger partial charge in [0.15, 0.2) is 6.29 Å². The van der Waals surface area contributed by atoms with Crippen LogP contribution in [0.25, 0.3) is 0 Å². The summed E-state index contributed by atoms with van der Waals surface area (Å²) in [6, 6.07) is 4.24. The highest BCUT2D eigenvalue weighted by Crippen LogP contribution is 2.39. The molecule has 0 radical (unpaired) electrons. The second-order valence-electron chi connectivity index (χ2n) is 5.32. The zero-order chi connectivity index (χ0) is 14.0. The summed E-state index contributed by atoms with van der Waals surface area (Å²) in [5.74, 6) is 1.27. The first-order valence-corrected chi connectivity index (χ1v) is 7.51. The van der Waals surface area contributed by atoms with Crippen LogP contribution in [0.2, 0.25) is 0 Å². The maximum Gasteiger partial charge on any atom is 0.187 e. The molecule has 0 N–H and O–H groups in total. The predicted molar refractivity (Wildman–Crippen MR) is 78.6 cm³/mol. The van der Waals surface area contributed by atoms with Gasteiger partial charge in [-0.25, -0.2) is 0 Å². The molecule has 1 saturated heterocycles. The first kappa shape index (κ1) is 14.8. The van der Waals surface area contributed by atoms with Gasteiger partial charge in [-0.05, 0) is 53.4 Å². The van der Waals surface area contributed by atoms with Gasteiger partial charge in [-0.2, -0.15) is 0 Å². The molecule has 0 atom stereocenters. The van der Waals surface area contributed by atoms with Crippen molar-refractivity contribution in [2.75, 3.05) is 13.2 Å². The van der Waals surface area contributed by atoms with Gasteiger partial charge in [0.05, 0.1) is 29.4 Å². The van der Waals surface area contributed by atoms with E-state index in [0.29, 0.717) is 19.1 Å². The molecule has 2 rings (SSSR count). The van der Waals surface area contributed by atoms with Gasteiger partial charge in [-0.1, -0.05) is 13.8 Å². The van der Waals surface area contributed by atoms with Crippen LogP contribution in [0.3, 0.4) is 0 Å². The monoisotopic (exact) mass is 328 g/mol. The van der Waals surface area contributed by atoms with E-state index in [1.54, 1.807) is 0 Å². The number of rotatable bonds is 4. The number of benzene rings is 1. The largest absolute Gasteiger partial charge is 0.489 e. The Morgan fingerprint density at radius 2 is 1.79 bits per heavy atom. The molecule has 1 aromatic carbocycles. The van der Waals surface area contributed by atoms with E-state index < -0.39 is 0 Å². The van der Waals surface area contributed by atoms with E-state index in [-0.39, 0.29) is 12.4 Å². The number of hydrogen-bond acceptors (Lipinski definition) is 3. The summed E-state index contributed by atoms with van der Waals surface area (Å²) in [5.41, 5.74) is 2.22. The lowest BCUT2D eigenvalue weighted by molar-refractivity contribution is -0.0462. The lowest BCUT2D eigenvalue weighted by Gasteiger charge is -2.21. The number of hydrogen-bond donors (Lipinski definition) is 0. The van der Waals surface area contributed by atoms with Gasteiger partial charge < -0.3 is 14.2 Å². The van der Waals surface area contributed by atoms with Gasteiger partial charge in [-0.15, -0.1) is 0 Å². The minimum Gasteiger partial charge on any atom is -0.489 e. The maximum atomic E-state index is 5.92. The van der Waals surface area contributed by atoms with Gasteiger partial charge in [0.25, 0.3) is 0 Å². The fraction of sp³-hybridized carbons (Fsp3) is 0.600. The van der Waals surface area contributed by atoms with E-state index in [1.807, 2.05) is 13.8 Å². The third-order valence-electron chi connectivity index (χ3n) is 2.99. The minimum absolute atomic E-state index is 0.112. The molecule has 0 aliphatic carbocycles. The fourth-order valence-corrected chi connectivity index (χ4v) is 2.63. The van der Waals surface area contributed by atoms with Crippen molar-refractivity contribution in [1.82, 2.24) is 0 Å². The molecule has 3 nitrogen and oxygen atoms in total. The Bertz CT molecular complexity index is 437. The first-order chi connectivity index (χ1) is 8.99. The molecule has 1 aromatic rings. The van der Waals surface area contributed by atoms with Crippen molar-refractivity contribution in [2.24, 2.45) is 0 Å². The molecule has 0 saturated carbocycles. The van der Waals surface area contributed by atoms with E-state index in [4.69, 9.17) is 14.2 Å². The zero-order valence-corrected chi connectivity index (χ0v) is 13.5. The van der Waals surface area contributed by atoms with Crippen LogP contribution in [0, 0.1) is 0 Å². The van der Waals surface area contributed by atoms with Crippen molar-refractivity contribution in [2.45, 2.75) is 46.0 Å². The summed E-state index contributed by atoms with van der Waals surface area (Å²) in [5, 5.41) is 0. The number of halogens is 1. The zero-order valence-electron chi connectivity index (χ0n) is 11.9. The Morgan fingerprint density at radius 1 is 1.16 bits per heavy atom. The molecule has 4 heteroatoms. The average Bonchev–Trinajstić information content (AvgIpc) is 2.84. The summed E-state index contributed by atoms with van der Waals surface area (Å²) in [6.07, 6.45) is -0.204. The van der Waals surface area contributed by atoms with Gasteiger partial charge in [0.2, 0.25) is 0 Å². The van der Waals surface area contributed by atoms with Crippen molar-refractivity contribution >= 4 is 15.9 Å². The molecular formula is C15H21BrO3. The molecule has 1 heterocycles. The predicted octanol–water partition coefficient (Wildman–Crippen LogP) is 4.41. The second kappa shape index (κ2) is 6.25. The van der Waals surface area contributed by atoms with E-state index in [9.17, 15) is 0 Å². The SMILES string of the molecule is CC(C)Oc1c(Br)cc(C(C)C)cc1C1OCCO1. The van der Waals surface area contributed by atoms with Gasteiger partial charge in [0, 0.05) is 0 Å². The molecule has 1 aliphatic rings. The molecule has 19 heavy (non-hydrogen) atoms. The van der Waals surface area contributed by atoms with Crippen molar-refractivity contribution in [1.29, 1.82) is 0 Å². The molecule has 106 valence electrons. The van der Waals surface area contributed by atoms with E-state index in [1.165, 1.54) is 5.56 Å². The molecule has 0 spiro atoms. The standard InChI is InChI=1S/C15H21BrO3/c1-9(2)11-7-12(15-17-5-6-18-15)14(13(16)8-11)19-10(3)4/h7-10,15H,5-6H2,1-4H3. The van der Waals surface area contributed by atoms with Crippen LogP contribution in [0.15, 0.2) is 16.6 Å². The molecule has 1 fully saturated rings. The quantitative estimate of drug-likeness (QED) is 0.819. The van der Waals surface area contributed by atoms with Crippen molar-refractivity contribution in [3.8, 4) is 5.75 Å². The van der Waals surface area contributed by atoms with E-state index in [2.05, 4.69) is 41.9 Å². The average molecular weight is 329 g/mol. The lowest BCUT2D eigenvalue weighted by Crippen LogP contribution is -2.11. The number of ether oxygens (including phenoxy) is 3. The fourth-order valence-electron chi connectivity index (χ4n) is 2.04. The van der Waals surface area contributed by atoms with Crippen LogP contribution < -0.4 is 4.74 Å². The Hall–Kier alpha value is -0.580. The minimum atomic E-state index is -0.316. The molecule has 0 bridgehead atoms. The summed E-state index contributed by atoms with van der Waals surface area (Å²) < 4.78 is 18.1. The second-order valence-corrected chi connectivity index (χ2v) is 6.17. The van der Waals surface area contributed by atoms with E-state index >= 15 is 0 Å². The van der Waals surface area contributed by atoms with Crippen LogP contribution in [-0.4, -0.2) is 19.3 Å². The topological polar surface area (TPSA) is 27.7 Å². The van der Waals surface area contributed by atoms with Crippen LogP contribution >= 0.6 is 15.9 Å². The Morgan fingerprint density at radius 3 is 2.32 bits per heavy atom. The van der Waals surface area contributed by atoms with Gasteiger partial charge in [0.1, 0.15) is 5.75 Å². The molecule has 0 aromatic heterocycles. The normalized spacial score (nSPS) is 16.6. The van der Waals surface area contributed by atoms with E-state index in [0.717, 1.165) is 15.8 Å².